The van der Waals surface area contributed by atoms with E-state index in [9.17, 15) is 4.79 Å². The average Bonchev–Trinajstić information content (AvgIpc) is 2.80. The Hall–Kier alpha value is -3.41. The van der Waals surface area contributed by atoms with Crippen molar-refractivity contribution in [3.8, 4) is 17.0 Å². The number of methoxy groups -OCH3 is 1. The van der Waals surface area contributed by atoms with Crippen molar-refractivity contribution < 1.29 is 9.53 Å². The molecule has 1 fully saturated rings. The van der Waals surface area contributed by atoms with Crippen LogP contribution in [0, 0.1) is 0 Å². The molecule has 6 heteroatoms. The molecule has 1 amide bonds. The fourth-order valence-corrected chi connectivity index (χ4v) is 3.60. The van der Waals surface area contributed by atoms with Gasteiger partial charge in [0.05, 0.1) is 19.2 Å². The fraction of sp³-hybridized carbons (Fsp3) is 0.261. The topological polar surface area (TPSA) is 58.6 Å². The molecule has 0 N–H and O–H groups in total. The van der Waals surface area contributed by atoms with Crippen molar-refractivity contribution in [2.45, 2.75) is 6.42 Å². The van der Waals surface area contributed by atoms with Gasteiger partial charge in [0, 0.05) is 43.4 Å². The molecular weight excluding hydrogens is 364 g/mol. The van der Waals surface area contributed by atoms with E-state index in [1.165, 1.54) is 0 Å². The molecule has 0 radical (unpaired) electrons. The Morgan fingerprint density at radius 2 is 1.69 bits per heavy atom. The van der Waals surface area contributed by atoms with Gasteiger partial charge >= 0.3 is 0 Å². The summed E-state index contributed by atoms with van der Waals surface area (Å²) < 4.78 is 5.36. The Morgan fingerprint density at radius 1 is 0.966 bits per heavy atom. The van der Waals surface area contributed by atoms with E-state index in [-0.39, 0.29) is 5.91 Å². The van der Waals surface area contributed by atoms with Gasteiger partial charge in [-0.1, -0.05) is 48.5 Å². The predicted octanol–water partition coefficient (Wildman–Crippen LogP) is 3.04. The molecule has 1 aliphatic rings. The lowest BCUT2D eigenvalue weighted by Crippen LogP contribution is -2.49. The summed E-state index contributed by atoms with van der Waals surface area (Å²) in [5, 5.41) is 0. The van der Waals surface area contributed by atoms with Crippen LogP contribution in [0.1, 0.15) is 5.56 Å². The minimum Gasteiger partial charge on any atom is -0.496 e. The highest BCUT2D eigenvalue weighted by atomic mass is 16.5. The number of rotatable bonds is 5. The third-order valence-electron chi connectivity index (χ3n) is 5.21. The smallest absolute Gasteiger partial charge is 0.227 e. The lowest BCUT2D eigenvalue weighted by molar-refractivity contribution is -0.130. The second-order valence-corrected chi connectivity index (χ2v) is 6.98. The Labute approximate surface area is 170 Å². The monoisotopic (exact) mass is 388 g/mol. The Balaban J connectivity index is 1.39. The number of amides is 1. The zero-order chi connectivity index (χ0) is 20.1. The van der Waals surface area contributed by atoms with E-state index < -0.39 is 0 Å². The molecule has 29 heavy (non-hydrogen) atoms. The number of piperazine rings is 1. The maximum Gasteiger partial charge on any atom is 0.227 e. The maximum absolute atomic E-state index is 12.7. The first-order chi connectivity index (χ1) is 14.2. The largest absolute Gasteiger partial charge is 0.496 e. The quantitative estimate of drug-likeness (QED) is 0.672. The highest BCUT2D eigenvalue weighted by molar-refractivity contribution is 5.80. The SMILES string of the molecule is COc1ccccc1CC(=O)N1CCN(c2cc(-c3ccccc3)ncn2)CC1. The summed E-state index contributed by atoms with van der Waals surface area (Å²) in [7, 11) is 1.63. The zero-order valence-electron chi connectivity index (χ0n) is 16.5. The van der Waals surface area contributed by atoms with Crippen molar-refractivity contribution in [2.24, 2.45) is 0 Å². The molecule has 2 aromatic carbocycles. The van der Waals surface area contributed by atoms with Crippen LogP contribution in [0.2, 0.25) is 0 Å². The van der Waals surface area contributed by atoms with Crippen molar-refractivity contribution in [1.82, 2.24) is 14.9 Å². The van der Waals surface area contributed by atoms with E-state index >= 15 is 0 Å². The van der Waals surface area contributed by atoms with E-state index in [2.05, 4.69) is 14.9 Å². The molecular formula is C23H24N4O2. The first-order valence-electron chi connectivity index (χ1n) is 9.76. The molecule has 6 nitrogen and oxygen atoms in total. The van der Waals surface area contributed by atoms with E-state index in [1.807, 2.05) is 65.6 Å². The number of anilines is 1. The summed E-state index contributed by atoms with van der Waals surface area (Å²) in [5.74, 6) is 1.78. The summed E-state index contributed by atoms with van der Waals surface area (Å²) in [6.07, 6.45) is 1.96. The van der Waals surface area contributed by atoms with Gasteiger partial charge in [-0.3, -0.25) is 4.79 Å². The van der Waals surface area contributed by atoms with Crippen LogP contribution in [-0.2, 0) is 11.2 Å². The number of aromatic nitrogens is 2. The van der Waals surface area contributed by atoms with Gasteiger partial charge < -0.3 is 14.5 Å². The van der Waals surface area contributed by atoms with Crippen molar-refractivity contribution in [2.75, 3.05) is 38.2 Å². The molecule has 0 unspecified atom stereocenters. The van der Waals surface area contributed by atoms with E-state index in [1.54, 1.807) is 13.4 Å². The maximum atomic E-state index is 12.7. The first kappa shape index (κ1) is 18.9. The number of carbonyl (C=O) groups excluding carboxylic acids is 1. The molecule has 0 aliphatic carbocycles. The van der Waals surface area contributed by atoms with Gasteiger partial charge in [-0.25, -0.2) is 9.97 Å². The van der Waals surface area contributed by atoms with Gasteiger partial charge in [0.25, 0.3) is 0 Å². The second kappa shape index (κ2) is 8.73. The van der Waals surface area contributed by atoms with Crippen molar-refractivity contribution >= 4 is 11.7 Å². The highest BCUT2D eigenvalue weighted by Gasteiger charge is 2.23. The van der Waals surface area contributed by atoms with E-state index in [0.717, 1.165) is 41.5 Å². The molecule has 0 saturated carbocycles. The summed E-state index contributed by atoms with van der Waals surface area (Å²) in [4.78, 5) is 25.7. The van der Waals surface area contributed by atoms with Gasteiger partial charge in [0.15, 0.2) is 0 Å². The van der Waals surface area contributed by atoms with Crippen LogP contribution in [0.3, 0.4) is 0 Å². The number of benzene rings is 2. The third kappa shape index (κ3) is 4.37. The summed E-state index contributed by atoms with van der Waals surface area (Å²) in [6.45, 7) is 2.86. The summed E-state index contributed by atoms with van der Waals surface area (Å²) in [5.41, 5.74) is 2.90. The van der Waals surface area contributed by atoms with Gasteiger partial charge in [-0.2, -0.15) is 0 Å². The molecule has 2 heterocycles. The van der Waals surface area contributed by atoms with Crippen LogP contribution >= 0.6 is 0 Å². The van der Waals surface area contributed by atoms with Gasteiger partial charge in [-0.15, -0.1) is 0 Å². The number of nitrogens with zero attached hydrogens (tertiary/aromatic N) is 4. The minimum absolute atomic E-state index is 0.127. The lowest BCUT2D eigenvalue weighted by atomic mass is 10.1. The third-order valence-corrected chi connectivity index (χ3v) is 5.21. The number of carbonyl (C=O) groups is 1. The molecule has 0 bridgehead atoms. The Kier molecular flexibility index (Phi) is 5.70. The molecule has 1 aliphatic heterocycles. The van der Waals surface area contributed by atoms with Crippen molar-refractivity contribution in [3.05, 3.63) is 72.6 Å². The van der Waals surface area contributed by atoms with Crippen LogP contribution in [0.5, 0.6) is 5.75 Å². The van der Waals surface area contributed by atoms with E-state index in [4.69, 9.17) is 4.74 Å². The summed E-state index contributed by atoms with van der Waals surface area (Å²) in [6, 6.07) is 19.8. The molecule has 4 rings (SSSR count). The molecule has 1 saturated heterocycles. The predicted molar refractivity (Wildman–Crippen MR) is 113 cm³/mol. The normalized spacial score (nSPS) is 14.0. The van der Waals surface area contributed by atoms with Gasteiger partial charge in [0.2, 0.25) is 5.91 Å². The Bertz CT molecular complexity index is 969. The molecule has 0 atom stereocenters. The molecule has 148 valence electrons. The van der Waals surface area contributed by atoms with Crippen LogP contribution in [0.4, 0.5) is 5.82 Å². The molecule has 0 spiro atoms. The van der Waals surface area contributed by atoms with Crippen LogP contribution in [-0.4, -0.2) is 54.1 Å². The lowest BCUT2D eigenvalue weighted by Gasteiger charge is -2.35. The standard InChI is InChI=1S/C23H24N4O2/c1-29-21-10-6-5-9-19(21)15-23(28)27-13-11-26(12-14-27)22-16-20(24-17-25-22)18-7-3-2-4-8-18/h2-10,16-17H,11-15H2,1H3. The van der Waals surface area contributed by atoms with E-state index in [0.29, 0.717) is 19.5 Å². The molecule has 1 aromatic heterocycles. The fourth-order valence-electron chi connectivity index (χ4n) is 3.60. The van der Waals surface area contributed by atoms with Crippen molar-refractivity contribution in [3.63, 3.8) is 0 Å². The zero-order valence-corrected chi connectivity index (χ0v) is 16.5. The first-order valence-corrected chi connectivity index (χ1v) is 9.76. The van der Waals surface area contributed by atoms with Crippen molar-refractivity contribution in [1.29, 1.82) is 0 Å². The van der Waals surface area contributed by atoms with Crippen LogP contribution < -0.4 is 9.64 Å². The van der Waals surface area contributed by atoms with Crippen LogP contribution in [0.15, 0.2) is 67.0 Å². The number of ether oxygens (including phenoxy) is 1. The highest BCUT2D eigenvalue weighted by Crippen LogP contribution is 2.22. The summed E-state index contributed by atoms with van der Waals surface area (Å²) >= 11 is 0. The Morgan fingerprint density at radius 3 is 2.45 bits per heavy atom. The molecule has 3 aromatic rings. The second-order valence-electron chi connectivity index (χ2n) is 6.98. The van der Waals surface area contributed by atoms with Crippen LogP contribution in [0.25, 0.3) is 11.3 Å². The number of hydrogen-bond acceptors (Lipinski definition) is 5. The minimum atomic E-state index is 0.127. The number of para-hydroxylation sites is 1. The average molecular weight is 388 g/mol. The van der Waals surface area contributed by atoms with Gasteiger partial charge in [0.1, 0.15) is 17.9 Å². The van der Waals surface area contributed by atoms with Gasteiger partial charge in [-0.05, 0) is 6.07 Å². The number of hydrogen-bond donors (Lipinski definition) is 0.